The summed E-state index contributed by atoms with van der Waals surface area (Å²) < 4.78 is 20.6. The fourth-order valence-electron chi connectivity index (χ4n) is 4.52. The molecular formula is C26H27FN4O3. The Balaban J connectivity index is 1.38. The molecule has 4 rings (SSSR count). The number of rotatable bonds is 7. The van der Waals surface area contributed by atoms with E-state index in [2.05, 4.69) is 27.0 Å². The summed E-state index contributed by atoms with van der Waals surface area (Å²) in [4.78, 5) is 18.3. The van der Waals surface area contributed by atoms with Crippen LogP contribution in [0, 0.1) is 23.7 Å². The van der Waals surface area contributed by atoms with Gasteiger partial charge in [-0.1, -0.05) is 11.8 Å². The van der Waals surface area contributed by atoms with Crippen LogP contribution in [0.4, 0.5) is 4.39 Å². The Labute approximate surface area is 198 Å². The van der Waals surface area contributed by atoms with Crippen molar-refractivity contribution >= 4 is 16.9 Å². The number of likely N-dealkylation sites (tertiary alicyclic amines) is 1. The molecule has 1 saturated heterocycles. The molecule has 8 heteroatoms. The fourth-order valence-corrected chi connectivity index (χ4v) is 4.52. The maximum atomic E-state index is 15.3. The van der Waals surface area contributed by atoms with Crippen LogP contribution < -0.4 is 4.74 Å². The number of piperidine rings is 1. The van der Waals surface area contributed by atoms with Gasteiger partial charge < -0.3 is 9.84 Å². The Morgan fingerprint density at radius 2 is 2.18 bits per heavy atom. The van der Waals surface area contributed by atoms with Crippen molar-refractivity contribution in [1.29, 1.82) is 0 Å². The zero-order valence-electron chi connectivity index (χ0n) is 19.0. The third kappa shape index (κ3) is 5.67. The first kappa shape index (κ1) is 23.6. The second kappa shape index (κ2) is 11.0. The zero-order valence-corrected chi connectivity index (χ0v) is 19.0. The summed E-state index contributed by atoms with van der Waals surface area (Å²) >= 11 is 0. The number of ether oxygens (including phenoxy) is 1. The van der Waals surface area contributed by atoms with E-state index < -0.39 is 18.1 Å². The van der Waals surface area contributed by atoms with Gasteiger partial charge in [0.15, 0.2) is 0 Å². The Morgan fingerprint density at radius 3 is 2.94 bits per heavy atom. The molecule has 0 aliphatic carbocycles. The van der Waals surface area contributed by atoms with Gasteiger partial charge in [0.1, 0.15) is 11.9 Å². The third-order valence-corrected chi connectivity index (χ3v) is 6.39. The van der Waals surface area contributed by atoms with Crippen LogP contribution in [0.25, 0.3) is 10.9 Å². The van der Waals surface area contributed by atoms with Crippen LogP contribution in [0.1, 0.15) is 36.6 Å². The number of benzene rings is 1. The summed E-state index contributed by atoms with van der Waals surface area (Å²) in [7, 11) is 1.57. The molecule has 0 bridgehead atoms. The summed E-state index contributed by atoms with van der Waals surface area (Å²) in [5.41, 5.74) is 2.05. The van der Waals surface area contributed by atoms with E-state index in [0.29, 0.717) is 42.8 Å². The van der Waals surface area contributed by atoms with E-state index in [1.165, 1.54) is 0 Å². The maximum Gasteiger partial charge on any atom is 0.308 e. The van der Waals surface area contributed by atoms with Gasteiger partial charge in [-0.25, -0.2) is 4.39 Å². The maximum absolute atomic E-state index is 15.3. The highest BCUT2D eigenvalue weighted by molar-refractivity contribution is 5.83. The number of halogens is 1. The molecule has 2 aromatic heterocycles. The minimum atomic E-state index is -1.20. The minimum absolute atomic E-state index is 0.0769. The average Bonchev–Trinajstić information content (AvgIpc) is 2.87. The number of carbonyl (C=O) groups is 1. The first-order chi connectivity index (χ1) is 16.5. The van der Waals surface area contributed by atoms with E-state index in [4.69, 9.17) is 4.74 Å². The largest absolute Gasteiger partial charge is 0.497 e. The molecule has 3 aromatic rings. The smallest absolute Gasteiger partial charge is 0.308 e. The van der Waals surface area contributed by atoms with Gasteiger partial charge in [-0.15, -0.1) is 0 Å². The van der Waals surface area contributed by atoms with Gasteiger partial charge in [0.05, 0.1) is 37.5 Å². The standard InChI is InChI=1S/C26H27FN4O3/c1-34-20-5-7-25-22(15-20)21(9-11-28-25)24(27)6-4-19-10-14-31(17-23(19)26(32)33)13-2-3-18-8-12-29-30-16-18/h5,7-9,11-12,15-16,19,23-24H,4,6,10,13-14,17H2,1H3,(H,32,33)/t19-,23+,24+/m1/s1. The fraction of sp³-hybridized carbons (Fsp3) is 0.385. The van der Waals surface area contributed by atoms with Gasteiger partial charge >= 0.3 is 5.97 Å². The number of hydrogen-bond donors (Lipinski definition) is 1. The normalized spacial score (nSPS) is 19.2. The number of alkyl halides is 1. The van der Waals surface area contributed by atoms with Crippen LogP contribution >= 0.6 is 0 Å². The van der Waals surface area contributed by atoms with Crippen molar-refractivity contribution in [2.24, 2.45) is 11.8 Å². The lowest BCUT2D eigenvalue weighted by Gasteiger charge is -2.35. The molecule has 1 aromatic carbocycles. The number of aliphatic carboxylic acids is 1. The summed E-state index contributed by atoms with van der Waals surface area (Å²) in [6, 6.07) is 8.89. The third-order valence-electron chi connectivity index (χ3n) is 6.39. The molecular weight excluding hydrogens is 435 g/mol. The van der Waals surface area contributed by atoms with Crippen LogP contribution in [0.2, 0.25) is 0 Å². The van der Waals surface area contributed by atoms with Crippen molar-refractivity contribution in [3.8, 4) is 17.6 Å². The second-order valence-corrected chi connectivity index (χ2v) is 8.49. The van der Waals surface area contributed by atoms with Gasteiger partial charge in [-0.3, -0.25) is 14.7 Å². The average molecular weight is 463 g/mol. The highest BCUT2D eigenvalue weighted by Crippen LogP contribution is 2.35. The van der Waals surface area contributed by atoms with Crippen molar-refractivity contribution < 1.29 is 19.0 Å². The van der Waals surface area contributed by atoms with Crippen molar-refractivity contribution in [2.75, 3.05) is 26.7 Å². The molecule has 0 unspecified atom stereocenters. The number of hydrogen-bond acceptors (Lipinski definition) is 6. The molecule has 3 atom stereocenters. The number of carboxylic acid groups (broad SMARTS) is 1. The lowest BCUT2D eigenvalue weighted by molar-refractivity contribution is -0.146. The predicted octanol–water partition coefficient (Wildman–Crippen LogP) is 3.90. The van der Waals surface area contributed by atoms with E-state index in [-0.39, 0.29) is 12.3 Å². The first-order valence-electron chi connectivity index (χ1n) is 11.3. The highest BCUT2D eigenvalue weighted by atomic mass is 19.1. The SMILES string of the molecule is COc1ccc2nccc([C@@H](F)CC[C@@H]3CCN(CC#Cc4ccnnc4)C[C@@H]3C(=O)O)c2c1. The van der Waals surface area contributed by atoms with E-state index in [0.717, 1.165) is 17.5 Å². The lowest BCUT2D eigenvalue weighted by Crippen LogP contribution is -2.44. The topological polar surface area (TPSA) is 88.4 Å². The van der Waals surface area contributed by atoms with E-state index in [9.17, 15) is 9.90 Å². The molecule has 0 amide bonds. The zero-order chi connectivity index (χ0) is 23.9. The molecule has 34 heavy (non-hydrogen) atoms. The molecule has 7 nitrogen and oxygen atoms in total. The molecule has 1 aliphatic heterocycles. The van der Waals surface area contributed by atoms with Crippen LogP contribution in [0.3, 0.4) is 0 Å². The van der Waals surface area contributed by atoms with Gasteiger partial charge in [0, 0.05) is 23.7 Å². The van der Waals surface area contributed by atoms with Crippen LogP contribution in [-0.2, 0) is 4.79 Å². The Kier molecular flexibility index (Phi) is 7.65. The predicted molar refractivity (Wildman–Crippen MR) is 126 cm³/mol. The lowest BCUT2D eigenvalue weighted by atomic mass is 9.81. The molecule has 0 spiro atoms. The van der Waals surface area contributed by atoms with E-state index >= 15 is 4.39 Å². The van der Waals surface area contributed by atoms with Crippen molar-refractivity contribution in [3.05, 3.63) is 60.0 Å². The van der Waals surface area contributed by atoms with Crippen molar-refractivity contribution in [2.45, 2.75) is 25.4 Å². The number of fused-ring (bicyclic) bond motifs is 1. The van der Waals surface area contributed by atoms with Gasteiger partial charge in [0.2, 0.25) is 0 Å². The van der Waals surface area contributed by atoms with Gasteiger partial charge in [0.25, 0.3) is 0 Å². The minimum Gasteiger partial charge on any atom is -0.497 e. The number of methoxy groups -OCH3 is 1. The first-order valence-corrected chi connectivity index (χ1v) is 11.3. The number of nitrogens with zero attached hydrogens (tertiary/aromatic N) is 4. The molecule has 1 N–H and O–H groups in total. The van der Waals surface area contributed by atoms with Crippen LogP contribution in [0.5, 0.6) is 5.75 Å². The monoisotopic (exact) mass is 462 g/mol. The van der Waals surface area contributed by atoms with Crippen molar-refractivity contribution in [1.82, 2.24) is 20.1 Å². The highest BCUT2D eigenvalue weighted by Gasteiger charge is 2.34. The Morgan fingerprint density at radius 1 is 1.29 bits per heavy atom. The Bertz CT molecular complexity index is 1190. The van der Waals surface area contributed by atoms with Gasteiger partial charge in [-0.2, -0.15) is 10.2 Å². The Hall–Kier alpha value is -3.57. The molecule has 1 aliphatic rings. The quantitative estimate of drug-likeness (QED) is 0.533. The van der Waals surface area contributed by atoms with Crippen molar-refractivity contribution in [3.63, 3.8) is 0 Å². The number of pyridine rings is 1. The molecule has 176 valence electrons. The number of aromatic nitrogens is 3. The molecule has 0 saturated carbocycles. The van der Waals surface area contributed by atoms with Crippen LogP contribution in [0.15, 0.2) is 48.9 Å². The summed E-state index contributed by atoms with van der Waals surface area (Å²) in [6.45, 7) is 1.63. The summed E-state index contributed by atoms with van der Waals surface area (Å²) in [5.74, 6) is 5.30. The second-order valence-electron chi connectivity index (χ2n) is 8.49. The number of carboxylic acids is 1. The summed E-state index contributed by atoms with van der Waals surface area (Å²) in [6.07, 6.45) is 5.05. The molecule has 3 heterocycles. The summed E-state index contributed by atoms with van der Waals surface area (Å²) in [5, 5.41) is 18.1. The van der Waals surface area contributed by atoms with E-state index in [1.807, 2.05) is 11.0 Å². The van der Waals surface area contributed by atoms with Crippen LogP contribution in [-0.4, -0.2) is 57.9 Å². The van der Waals surface area contributed by atoms with E-state index in [1.54, 1.807) is 50.0 Å². The molecule has 0 radical (unpaired) electrons. The van der Waals surface area contributed by atoms with Gasteiger partial charge in [-0.05, 0) is 67.6 Å². The molecule has 1 fully saturated rings.